The Balaban J connectivity index is 1.83. The van der Waals surface area contributed by atoms with Crippen LogP contribution in [0.5, 0.6) is 0 Å². The molecule has 0 unspecified atom stereocenters. The summed E-state index contributed by atoms with van der Waals surface area (Å²) < 4.78 is 1.85. The molecule has 0 spiro atoms. The first-order chi connectivity index (χ1) is 9.08. The van der Waals surface area contributed by atoms with Gasteiger partial charge in [-0.05, 0) is 25.8 Å². The molecular formula is C13H19N5O. The highest BCUT2D eigenvalue weighted by atomic mass is 16.1. The number of amides is 1. The molecule has 1 amide bonds. The van der Waals surface area contributed by atoms with Crippen LogP contribution < -0.4 is 5.32 Å². The van der Waals surface area contributed by atoms with Crippen molar-refractivity contribution in [3.8, 4) is 0 Å². The van der Waals surface area contributed by atoms with Gasteiger partial charge in [0, 0.05) is 25.4 Å². The molecule has 19 heavy (non-hydrogen) atoms. The lowest BCUT2D eigenvalue weighted by molar-refractivity contribution is -0.121. The third-order valence-corrected chi connectivity index (χ3v) is 3.29. The number of hydrogen-bond donors (Lipinski definition) is 2. The molecule has 6 heteroatoms. The van der Waals surface area contributed by atoms with Gasteiger partial charge in [0.2, 0.25) is 5.91 Å². The zero-order valence-electron chi connectivity index (χ0n) is 11.5. The molecule has 0 aromatic carbocycles. The largest absolute Gasteiger partial charge is 0.350 e. The van der Waals surface area contributed by atoms with Crippen LogP contribution in [-0.2, 0) is 24.8 Å². The number of imidazole rings is 1. The fourth-order valence-electron chi connectivity index (χ4n) is 2.08. The van der Waals surface area contributed by atoms with Gasteiger partial charge in [0.15, 0.2) is 0 Å². The van der Waals surface area contributed by atoms with Crippen molar-refractivity contribution in [2.24, 2.45) is 7.05 Å². The Labute approximate surface area is 112 Å². The van der Waals surface area contributed by atoms with Crippen molar-refractivity contribution >= 4 is 5.91 Å². The summed E-state index contributed by atoms with van der Waals surface area (Å²) in [5.41, 5.74) is 4.20. The summed E-state index contributed by atoms with van der Waals surface area (Å²) >= 11 is 0. The molecule has 0 radical (unpaired) electrons. The predicted octanol–water partition coefficient (Wildman–Crippen LogP) is 1.01. The summed E-state index contributed by atoms with van der Waals surface area (Å²) in [7, 11) is 1.92. The second kappa shape index (κ2) is 5.69. The quantitative estimate of drug-likeness (QED) is 0.843. The molecule has 0 aliphatic carbocycles. The number of aromatic amines is 1. The first kappa shape index (κ1) is 13.3. The lowest BCUT2D eigenvalue weighted by Crippen LogP contribution is -2.23. The minimum absolute atomic E-state index is 0.0391. The van der Waals surface area contributed by atoms with Crippen LogP contribution in [0.1, 0.15) is 29.1 Å². The lowest BCUT2D eigenvalue weighted by Gasteiger charge is -2.04. The van der Waals surface area contributed by atoms with Gasteiger partial charge in [-0.15, -0.1) is 0 Å². The van der Waals surface area contributed by atoms with Crippen LogP contribution in [0.15, 0.2) is 12.5 Å². The predicted molar refractivity (Wildman–Crippen MR) is 71.4 cm³/mol. The maximum absolute atomic E-state index is 11.8. The van der Waals surface area contributed by atoms with Crippen molar-refractivity contribution in [1.29, 1.82) is 0 Å². The van der Waals surface area contributed by atoms with Gasteiger partial charge in [0.25, 0.3) is 0 Å². The average molecular weight is 261 g/mol. The monoisotopic (exact) mass is 261 g/mol. The Morgan fingerprint density at radius 2 is 2.26 bits per heavy atom. The molecule has 0 bridgehead atoms. The second-order valence-corrected chi connectivity index (χ2v) is 4.63. The Bertz CT molecular complexity index is 556. The molecule has 0 saturated carbocycles. The number of carbonyl (C=O) groups is 1. The zero-order valence-corrected chi connectivity index (χ0v) is 11.5. The molecular weight excluding hydrogens is 242 g/mol. The van der Waals surface area contributed by atoms with Crippen molar-refractivity contribution in [1.82, 2.24) is 25.1 Å². The summed E-state index contributed by atoms with van der Waals surface area (Å²) in [6.45, 7) is 4.49. The first-order valence-electron chi connectivity index (χ1n) is 6.31. The molecule has 2 aromatic heterocycles. The van der Waals surface area contributed by atoms with Crippen LogP contribution in [0.25, 0.3) is 0 Å². The Morgan fingerprint density at radius 1 is 1.47 bits per heavy atom. The number of rotatable bonds is 5. The molecule has 0 aliphatic heterocycles. The van der Waals surface area contributed by atoms with E-state index in [2.05, 4.69) is 20.4 Å². The standard InChI is InChI=1S/C13H19N5O/c1-9-12(10(2)18(3)17-9)4-5-13(19)15-7-11-6-14-8-16-11/h6,8H,4-5,7H2,1-3H3,(H,14,16)(H,15,19). The molecule has 0 atom stereocenters. The fraction of sp³-hybridized carbons (Fsp3) is 0.462. The number of H-pyrrole nitrogens is 1. The SMILES string of the molecule is Cc1nn(C)c(C)c1CCC(=O)NCc1cnc[nH]1. The fourth-order valence-corrected chi connectivity index (χ4v) is 2.08. The van der Waals surface area contributed by atoms with E-state index in [0.29, 0.717) is 13.0 Å². The van der Waals surface area contributed by atoms with Crippen LogP contribution >= 0.6 is 0 Å². The van der Waals surface area contributed by atoms with Crippen molar-refractivity contribution < 1.29 is 4.79 Å². The van der Waals surface area contributed by atoms with Gasteiger partial charge in [-0.25, -0.2) is 4.98 Å². The van der Waals surface area contributed by atoms with E-state index in [1.807, 2.05) is 25.6 Å². The van der Waals surface area contributed by atoms with E-state index in [4.69, 9.17) is 0 Å². The van der Waals surface area contributed by atoms with Gasteiger partial charge < -0.3 is 10.3 Å². The van der Waals surface area contributed by atoms with E-state index in [9.17, 15) is 4.79 Å². The van der Waals surface area contributed by atoms with Gasteiger partial charge in [0.1, 0.15) is 0 Å². The summed E-state index contributed by atoms with van der Waals surface area (Å²) in [6.07, 6.45) is 4.50. The number of nitrogens with one attached hydrogen (secondary N) is 2. The van der Waals surface area contributed by atoms with Crippen molar-refractivity contribution in [3.05, 3.63) is 35.2 Å². The molecule has 0 fully saturated rings. The highest BCUT2D eigenvalue weighted by Gasteiger charge is 2.11. The van der Waals surface area contributed by atoms with Gasteiger partial charge >= 0.3 is 0 Å². The molecule has 102 valence electrons. The first-order valence-corrected chi connectivity index (χ1v) is 6.31. The van der Waals surface area contributed by atoms with E-state index in [0.717, 1.165) is 23.5 Å². The van der Waals surface area contributed by atoms with Crippen molar-refractivity contribution in [3.63, 3.8) is 0 Å². The van der Waals surface area contributed by atoms with E-state index in [1.54, 1.807) is 12.5 Å². The number of hydrogen-bond acceptors (Lipinski definition) is 3. The molecule has 2 heterocycles. The van der Waals surface area contributed by atoms with Crippen LogP contribution in [0, 0.1) is 13.8 Å². The minimum atomic E-state index is 0.0391. The number of nitrogens with zero attached hydrogens (tertiary/aromatic N) is 3. The van der Waals surface area contributed by atoms with Crippen molar-refractivity contribution in [2.75, 3.05) is 0 Å². The van der Waals surface area contributed by atoms with Crippen LogP contribution in [0.2, 0.25) is 0 Å². The number of aromatic nitrogens is 4. The highest BCUT2D eigenvalue weighted by molar-refractivity contribution is 5.76. The molecule has 2 rings (SSSR count). The smallest absolute Gasteiger partial charge is 0.220 e. The normalized spacial score (nSPS) is 10.7. The lowest BCUT2D eigenvalue weighted by atomic mass is 10.1. The third kappa shape index (κ3) is 3.21. The summed E-state index contributed by atoms with van der Waals surface area (Å²) in [6, 6.07) is 0. The maximum atomic E-state index is 11.8. The van der Waals surface area contributed by atoms with Crippen LogP contribution in [0.3, 0.4) is 0 Å². The highest BCUT2D eigenvalue weighted by Crippen LogP contribution is 2.13. The molecule has 0 saturated heterocycles. The van der Waals surface area contributed by atoms with E-state index in [1.165, 1.54) is 5.56 Å². The van der Waals surface area contributed by atoms with Crippen LogP contribution in [-0.4, -0.2) is 25.7 Å². The molecule has 2 aromatic rings. The number of carbonyl (C=O) groups excluding carboxylic acids is 1. The molecule has 2 N–H and O–H groups in total. The van der Waals surface area contributed by atoms with Gasteiger partial charge in [-0.1, -0.05) is 0 Å². The third-order valence-electron chi connectivity index (χ3n) is 3.29. The molecule has 0 aliphatic rings. The summed E-state index contributed by atoms with van der Waals surface area (Å²) in [4.78, 5) is 18.6. The van der Waals surface area contributed by atoms with E-state index in [-0.39, 0.29) is 5.91 Å². The number of aryl methyl sites for hydroxylation is 2. The van der Waals surface area contributed by atoms with E-state index < -0.39 is 0 Å². The van der Waals surface area contributed by atoms with Gasteiger partial charge in [0.05, 0.1) is 24.3 Å². The van der Waals surface area contributed by atoms with Gasteiger partial charge in [-0.3, -0.25) is 9.48 Å². The maximum Gasteiger partial charge on any atom is 0.220 e. The van der Waals surface area contributed by atoms with E-state index >= 15 is 0 Å². The minimum Gasteiger partial charge on any atom is -0.350 e. The summed E-state index contributed by atoms with van der Waals surface area (Å²) in [5, 5.41) is 7.21. The Hall–Kier alpha value is -2.11. The Morgan fingerprint density at radius 3 is 2.84 bits per heavy atom. The average Bonchev–Trinajstić information content (AvgIpc) is 2.96. The van der Waals surface area contributed by atoms with Gasteiger partial charge in [-0.2, -0.15) is 5.10 Å². The molecule has 6 nitrogen and oxygen atoms in total. The topological polar surface area (TPSA) is 75.6 Å². The summed E-state index contributed by atoms with van der Waals surface area (Å²) in [5.74, 6) is 0.0391. The Kier molecular flexibility index (Phi) is 3.99. The van der Waals surface area contributed by atoms with Crippen LogP contribution in [0.4, 0.5) is 0 Å². The van der Waals surface area contributed by atoms with Crippen molar-refractivity contribution in [2.45, 2.75) is 33.2 Å². The second-order valence-electron chi connectivity index (χ2n) is 4.63. The zero-order chi connectivity index (χ0) is 13.8.